The molecule has 3 heteroatoms. The van der Waals surface area contributed by atoms with E-state index in [2.05, 4.69) is 31.3 Å². The van der Waals surface area contributed by atoms with Crippen LogP contribution in [0.25, 0.3) is 0 Å². The molecule has 0 saturated heterocycles. The lowest BCUT2D eigenvalue weighted by Gasteiger charge is -2.12. The Bertz CT molecular complexity index is 581. The molecule has 1 N–H and O–H groups in total. The normalized spacial score (nSPS) is 10.8. The van der Waals surface area contributed by atoms with Gasteiger partial charge in [0, 0.05) is 17.6 Å². The van der Waals surface area contributed by atoms with E-state index >= 15 is 0 Å². The smallest absolute Gasteiger partial charge is 0.131 e. The second-order valence-electron chi connectivity index (χ2n) is 5.19. The van der Waals surface area contributed by atoms with Gasteiger partial charge in [-0.1, -0.05) is 43.6 Å². The van der Waals surface area contributed by atoms with Crippen LogP contribution in [0.4, 0.5) is 0 Å². The third-order valence-electron chi connectivity index (χ3n) is 2.99. The average molecular weight is 290 g/mol. The molecule has 0 atom stereocenters. The van der Waals surface area contributed by atoms with Crippen molar-refractivity contribution < 1.29 is 4.74 Å². The number of nitrogens with one attached hydrogen (secondary N) is 1. The van der Waals surface area contributed by atoms with Crippen molar-refractivity contribution in [3.63, 3.8) is 0 Å². The summed E-state index contributed by atoms with van der Waals surface area (Å²) in [7, 11) is 0. The van der Waals surface area contributed by atoms with Gasteiger partial charge >= 0.3 is 0 Å². The molecule has 0 aromatic heterocycles. The zero-order chi connectivity index (χ0) is 14.5. The van der Waals surface area contributed by atoms with Crippen molar-refractivity contribution in [2.24, 2.45) is 0 Å². The molecule has 0 radical (unpaired) electrons. The first kappa shape index (κ1) is 14.9. The molecular weight excluding hydrogens is 270 g/mol. The Balaban J connectivity index is 2.13. The lowest BCUT2D eigenvalue weighted by Crippen LogP contribution is -2.21. The molecule has 0 unspecified atom stereocenters. The van der Waals surface area contributed by atoms with Crippen molar-refractivity contribution in [1.82, 2.24) is 5.32 Å². The van der Waals surface area contributed by atoms with Gasteiger partial charge in [-0.05, 0) is 42.3 Å². The van der Waals surface area contributed by atoms with E-state index < -0.39 is 0 Å². The van der Waals surface area contributed by atoms with Crippen molar-refractivity contribution in [3.05, 3.63) is 58.6 Å². The fraction of sp³-hybridized carbons (Fsp3) is 0.294. The third-order valence-corrected chi connectivity index (χ3v) is 3.23. The van der Waals surface area contributed by atoms with Gasteiger partial charge in [0.2, 0.25) is 0 Å². The van der Waals surface area contributed by atoms with Gasteiger partial charge in [0.25, 0.3) is 0 Å². The van der Waals surface area contributed by atoms with E-state index in [1.165, 1.54) is 5.56 Å². The largest absolute Gasteiger partial charge is 0.457 e. The molecule has 20 heavy (non-hydrogen) atoms. The van der Waals surface area contributed by atoms with E-state index in [0.717, 1.165) is 23.6 Å². The summed E-state index contributed by atoms with van der Waals surface area (Å²) in [5.74, 6) is 1.63. The minimum atomic E-state index is 0.467. The predicted octanol–water partition coefficient (Wildman–Crippen LogP) is 4.94. The van der Waals surface area contributed by atoms with Crippen LogP contribution >= 0.6 is 11.6 Å². The lowest BCUT2D eigenvalue weighted by molar-refractivity contribution is 0.477. The molecule has 0 aliphatic heterocycles. The fourth-order valence-corrected chi connectivity index (χ4v) is 2.01. The highest BCUT2D eigenvalue weighted by Crippen LogP contribution is 2.28. The molecule has 2 nitrogen and oxygen atoms in total. The molecule has 0 aliphatic rings. The quantitative estimate of drug-likeness (QED) is 0.842. The summed E-state index contributed by atoms with van der Waals surface area (Å²) in [6.45, 7) is 7.12. The Labute approximate surface area is 125 Å². The molecule has 0 bridgehead atoms. The van der Waals surface area contributed by atoms with Crippen LogP contribution in [0.5, 0.6) is 11.5 Å². The summed E-state index contributed by atoms with van der Waals surface area (Å²) in [5.41, 5.74) is 2.27. The lowest BCUT2D eigenvalue weighted by atomic mass is 10.2. The van der Waals surface area contributed by atoms with Crippen molar-refractivity contribution in [1.29, 1.82) is 0 Å². The van der Waals surface area contributed by atoms with E-state index in [1.807, 2.05) is 37.3 Å². The number of rotatable bonds is 5. The summed E-state index contributed by atoms with van der Waals surface area (Å²) in [6.07, 6.45) is 0. The van der Waals surface area contributed by atoms with Crippen molar-refractivity contribution in [3.8, 4) is 11.5 Å². The first-order valence-electron chi connectivity index (χ1n) is 6.81. The topological polar surface area (TPSA) is 21.3 Å². The van der Waals surface area contributed by atoms with Crippen LogP contribution in [0.2, 0.25) is 5.02 Å². The summed E-state index contributed by atoms with van der Waals surface area (Å²) in [6, 6.07) is 14.2. The van der Waals surface area contributed by atoms with E-state index in [-0.39, 0.29) is 0 Å². The number of ether oxygens (including phenoxy) is 1. The molecule has 0 fully saturated rings. The SMILES string of the molecule is Cc1ccc(Cl)cc1Oc1cccc(CNC(C)C)c1. The summed E-state index contributed by atoms with van der Waals surface area (Å²) < 4.78 is 5.93. The van der Waals surface area contributed by atoms with Crippen LogP contribution in [-0.2, 0) is 6.54 Å². The molecular formula is C17H20ClNO. The molecule has 2 aromatic rings. The van der Waals surface area contributed by atoms with Crippen LogP contribution in [0.3, 0.4) is 0 Å². The molecule has 0 aliphatic carbocycles. The Morgan fingerprint density at radius 1 is 1.15 bits per heavy atom. The van der Waals surface area contributed by atoms with E-state index in [0.29, 0.717) is 11.1 Å². The van der Waals surface area contributed by atoms with Gasteiger partial charge in [-0.25, -0.2) is 0 Å². The third kappa shape index (κ3) is 4.26. The Morgan fingerprint density at radius 2 is 1.95 bits per heavy atom. The van der Waals surface area contributed by atoms with Gasteiger partial charge in [0.15, 0.2) is 0 Å². The highest BCUT2D eigenvalue weighted by atomic mass is 35.5. The molecule has 2 rings (SSSR count). The van der Waals surface area contributed by atoms with Gasteiger partial charge in [0.1, 0.15) is 11.5 Å². The van der Waals surface area contributed by atoms with Crippen molar-refractivity contribution in [2.75, 3.05) is 0 Å². The van der Waals surface area contributed by atoms with Crippen LogP contribution in [-0.4, -0.2) is 6.04 Å². The Kier molecular flexibility index (Phi) is 5.05. The summed E-state index contributed by atoms with van der Waals surface area (Å²) >= 11 is 6.01. The minimum Gasteiger partial charge on any atom is -0.457 e. The maximum absolute atomic E-state index is 6.01. The molecule has 0 spiro atoms. The highest BCUT2D eigenvalue weighted by Gasteiger charge is 2.04. The number of aryl methyl sites for hydroxylation is 1. The average Bonchev–Trinajstić information content (AvgIpc) is 2.41. The fourth-order valence-electron chi connectivity index (χ4n) is 1.85. The summed E-state index contributed by atoms with van der Waals surface area (Å²) in [5, 5.41) is 4.08. The molecule has 0 saturated carbocycles. The number of hydrogen-bond donors (Lipinski definition) is 1. The Hall–Kier alpha value is -1.51. The van der Waals surface area contributed by atoms with Gasteiger partial charge < -0.3 is 10.1 Å². The molecule has 2 aromatic carbocycles. The van der Waals surface area contributed by atoms with E-state index in [4.69, 9.17) is 16.3 Å². The zero-order valence-corrected chi connectivity index (χ0v) is 12.9. The van der Waals surface area contributed by atoms with E-state index in [1.54, 1.807) is 0 Å². The van der Waals surface area contributed by atoms with E-state index in [9.17, 15) is 0 Å². The number of benzene rings is 2. The highest BCUT2D eigenvalue weighted by molar-refractivity contribution is 6.30. The monoisotopic (exact) mass is 289 g/mol. The maximum atomic E-state index is 6.01. The number of halogens is 1. The predicted molar refractivity (Wildman–Crippen MR) is 84.7 cm³/mol. The molecule has 0 amide bonds. The minimum absolute atomic E-state index is 0.467. The van der Waals surface area contributed by atoms with Gasteiger partial charge in [-0.3, -0.25) is 0 Å². The number of hydrogen-bond acceptors (Lipinski definition) is 2. The van der Waals surface area contributed by atoms with Crippen LogP contribution < -0.4 is 10.1 Å². The zero-order valence-electron chi connectivity index (χ0n) is 12.1. The van der Waals surface area contributed by atoms with Gasteiger partial charge in [-0.15, -0.1) is 0 Å². The summed E-state index contributed by atoms with van der Waals surface area (Å²) in [4.78, 5) is 0. The van der Waals surface area contributed by atoms with Crippen molar-refractivity contribution in [2.45, 2.75) is 33.4 Å². The molecule has 0 heterocycles. The first-order chi connectivity index (χ1) is 9.54. The van der Waals surface area contributed by atoms with Gasteiger partial charge in [-0.2, -0.15) is 0 Å². The van der Waals surface area contributed by atoms with Crippen LogP contribution in [0.15, 0.2) is 42.5 Å². The second-order valence-corrected chi connectivity index (χ2v) is 5.63. The van der Waals surface area contributed by atoms with Crippen LogP contribution in [0, 0.1) is 6.92 Å². The van der Waals surface area contributed by atoms with Crippen LogP contribution in [0.1, 0.15) is 25.0 Å². The second kappa shape index (κ2) is 6.78. The van der Waals surface area contributed by atoms with Crippen molar-refractivity contribution >= 4 is 11.6 Å². The molecule has 106 valence electrons. The van der Waals surface area contributed by atoms with Gasteiger partial charge in [0.05, 0.1) is 0 Å². The maximum Gasteiger partial charge on any atom is 0.131 e. The Morgan fingerprint density at radius 3 is 2.70 bits per heavy atom. The standard InChI is InChI=1S/C17H20ClNO/c1-12(2)19-11-14-5-4-6-16(9-14)20-17-10-15(18)8-7-13(17)3/h4-10,12,19H,11H2,1-3H3. The first-order valence-corrected chi connectivity index (χ1v) is 7.19.